The summed E-state index contributed by atoms with van der Waals surface area (Å²) in [4.78, 5) is 10.1. The van der Waals surface area contributed by atoms with Gasteiger partial charge in [0.25, 0.3) is 0 Å². The highest BCUT2D eigenvalue weighted by Crippen LogP contribution is 2.60. The van der Waals surface area contributed by atoms with E-state index in [0.29, 0.717) is 5.92 Å². The fourth-order valence-electron chi connectivity index (χ4n) is 6.63. The van der Waals surface area contributed by atoms with Gasteiger partial charge in [0.15, 0.2) is 0 Å². The second-order valence-corrected chi connectivity index (χ2v) is 10.4. The van der Waals surface area contributed by atoms with Crippen molar-refractivity contribution in [3.63, 3.8) is 0 Å². The average molecular weight is 455 g/mol. The van der Waals surface area contributed by atoms with Crippen LogP contribution in [-0.2, 0) is 5.41 Å². The SMILES string of the molecule is CC.CC(C)C1N(C)c2ccccc2N1c1cccc2c1C(C)(C)C1N(C)c3ccccc3N21. The van der Waals surface area contributed by atoms with Gasteiger partial charge in [-0.05, 0) is 42.3 Å². The van der Waals surface area contributed by atoms with Crippen molar-refractivity contribution in [2.45, 2.75) is 59.3 Å². The van der Waals surface area contributed by atoms with E-state index in [1.165, 1.54) is 39.7 Å². The molecule has 0 N–H and O–H groups in total. The first-order valence-corrected chi connectivity index (χ1v) is 12.7. The van der Waals surface area contributed by atoms with E-state index in [0.717, 1.165) is 0 Å². The number of rotatable bonds is 2. The van der Waals surface area contributed by atoms with Crippen LogP contribution in [0.25, 0.3) is 0 Å². The van der Waals surface area contributed by atoms with Crippen LogP contribution in [0.5, 0.6) is 0 Å². The van der Waals surface area contributed by atoms with E-state index in [9.17, 15) is 0 Å². The van der Waals surface area contributed by atoms with Crippen molar-refractivity contribution in [2.24, 2.45) is 5.92 Å². The van der Waals surface area contributed by atoms with Crippen LogP contribution < -0.4 is 19.6 Å². The van der Waals surface area contributed by atoms with E-state index in [-0.39, 0.29) is 17.7 Å². The van der Waals surface area contributed by atoms with Crippen molar-refractivity contribution < 1.29 is 0 Å². The first-order valence-electron chi connectivity index (χ1n) is 12.7. The van der Waals surface area contributed by atoms with Crippen LogP contribution in [0, 0.1) is 5.92 Å². The predicted octanol–water partition coefficient (Wildman–Crippen LogP) is 7.49. The Morgan fingerprint density at radius 2 is 1.06 bits per heavy atom. The van der Waals surface area contributed by atoms with Crippen LogP contribution in [0.15, 0.2) is 66.7 Å². The van der Waals surface area contributed by atoms with Crippen LogP contribution in [0.2, 0.25) is 0 Å². The predicted molar refractivity (Wildman–Crippen MR) is 147 cm³/mol. The Morgan fingerprint density at radius 1 is 0.618 bits per heavy atom. The van der Waals surface area contributed by atoms with Crippen LogP contribution in [0.1, 0.15) is 47.1 Å². The molecule has 4 nitrogen and oxygen atoms in total. The van der Waals surface area contributed by atoms with Gasteiger partial charge in [-0.2, -0.15) is 0 Å². The van der Waals surface area contributed by atoms with Gasteiger partial charge in [0.1, 0.15) is 12.3 Å². The number of fused-ring (bicyclic) bond motifs is 6. The molecule has 34 heavy (non-hydrogen) atoms. The second kappa shape index (κ2) is 7.97. The summed E-state index contributed by atoms with van der Waals surface area (Å²) >= 11 is 0. The molecule has 3 aromatic rings. The van der Waals surface area contributed by atoms with Gasteiger partial charge in [0.2, 0.25) is 0 Å². The first kappa shape index (κ1) is 22.6. The molecule has 0 aromatic heterocycles. The molecule has 0 radical (unpaired) electrons. The van der Waals surface area contributed by atoms with Gasteiger partial charge in [-0.15, -0.1) is 0 Å². The van der Waals surface area contributed by atoms with Crippen molar-refractivity contribution in [1.82, 2.24) is 0 Å². The minimum absolute atomic E-state index is 0.0443. The Bertz CT molecular complexity index is 1210. The minimum Gasteiger partial charge on any atom is -0.352 e. The van der Waals surface area contributed by atoms with Gasteiger partial charge in [0, 0.05) is 36.4 Å². The zero-order valence-electron chi connectivity index (χ0n) is 21.9. The molecule has 3 heterocycles. The van der Waals surface area contributed by atoms with Crippen LogP contribution in [0.3, 0.4) is 0 Å². The second-order valence-electron chi connectivity index (χ2n) is 10.4. The van der Waals surface area contributed by atoms with E-state index < -0.39 is 0 Å². The molecule has 0 bridgehead atoms. The maximum atomic E-state index is 2.59. The smallest absolute Gasteiger partial charge is 0.115 e. The van der Waals surface area contributed by atoms with Crippen molar-refractivity contribution in [3.05, 3.63) is 72.3 Å². The minimum atomic E-state index is -0.0443. The highest BCUT2D eigenvalue weighted by molar-refractivity contribution is 5.93. The number of nitrogens with zero attached hydrogens (tertiary/aromatic N) is 4. The van der Waals surface area contributed by atoms with Crippen LogP contribution >= 0.6 is 0 Å². The summed E-state index contributed by atoms with van der Waals surface area (Å²) in [6.45, 7) is 13.5. The Hall–Kier alpha value is -3.14. The molecule has 3 aliphatic rings. The molecule has 2 atom stereocenters. The summed E-state index contributed by atoms with van der Waals surface area (Å²) in [5.74, 6) is 0.482. The van der Waals surface area contributed by atoms with Gasteiger partial charge >= 0.3 is 0 Å². The van der Waals surface area contributed by atoms with Crippen molar-refractivity contribution in [2.75, 3.05) is 33.7 Å². The fourth-order valence-corrected chi connectivity index (χ4v) is 6.63. The third-order valence-electron chi connectivity index (χ3n) is 7.74. The zero-order valence-corrected chi connectivity index (χ0v) is 21.9. The molecule has 0 saturated carbocycles. The lowest BCUT2D eigenvalue weighted by Crippen LogP contribution is -2.47. The summed E-state index contributed by atoms with van der Waals surface area (Å²) < 4.78 is 0. The average Bonchev–Trinajstić information content (AvgIpc) is 3.41. The Labute approximate surface area is 205 Å². The largest absolute Gasteiger partial charge is 0.352 e. The van der Waals surface area contributed by atoms with Crippen molar-refractivity contribution in [3.8, 4) is 0 Å². The molecular formula is C30H38N4. The molecular weight excluding hydrogens is 416 g/mol. The molecule has 2 unspecified atom stereocenters. The van der Waals surface area contributed by atoms with E-state index in [1.807, 2.05) is 13.8 Å². The fraction of sp³-hybridized carbons (Fsp3) is 0.400. The quantitative estimate of drug-likeness (QED) is 0.398. The van der Waals surface area contributed by atoms with Crippen molar-refractivity contribution in [1.29, 1.82) is 0 Å². The molecule has 0 saturated heterocycles. The number of likely N-dealkylation sites (N-methyl/N-ethyl adjacent to an activating group) is 1. The molecule has 0 spiro atoms. The third-order valence-corrected chi connectivity index (χ3v) is 7.74. The van der Waals surface area contributed by atoms with Gasteiger partial charge in [-0.1, -0.05) is 71.9 Å². The maximum Gasteiger partial charge on any atom is 0.115 e. The van der Waals surface area contributed by atoms with Crippen LogP contribution in [-0.4, -0.2) is 26.4 Å². The van der Waals surface area contributed by atoms with Crippen LogP contribution in [0.4, 0.5) is 34.1 Å². The van der Waals surface area contributed by atoms with Crippen molar-refractivity contribution >= 4 is 34.1 Å². The summed E-state index contributed by atoms with van der Waals surface area (Å²) in [7, 11) is 4.48. The normalized spacial score (nSPS) is 21.2. The number of anilines is 6. The third kappa shape index (κ3) is 2.84. The first-order chi connectivity index (χ1) is 16.3. The highest BCUT2D eigenvalue weighted by Gasteiger charge is 2.54. The molecule has 0 amide bonds. The number of para-hydroxylation sites is 4. The van der Waals surface area contributed by atoms with Gasteiger partial charge < -0.3 is 19.6 Å². The molecule has 4 heteroatoms. The molecule has 0 fully saturated rings. The lowest BCUT2D eigenvalue weighted by Gasteiger charge is -2.38. The topological polar surface area (TPSA) is 13.0 Å². The monoisotopic (exact) mass is 454 g/mol. The summed E-state index contributed by atoms with van der Waals surface area (Å²) in [5, 5.41) is 0. The van der Waals surface area contributed by atoms with Gasteiger partial charge in [-0.25, -0.2) is 0 Å². The summed E-state index contributed by atoms with van der Waals surface area (Å²) in [5.41, 5.74) is 9.31. The Kier molecular flexibility index (Phi) is 5.31. The molecule has 178 valence electrons. The van der Waals surface area contributed by atoms with Gasteiger partial charge in [0.05, 0.1) is 22.7 Å². The number of benzene rings is 3. The maximum absolute atomic E-state index is 2.59. The molecule has 0 aliphatic carbocycles. The van der Waals surface area contributed by atoms with E-state index >= 15 is 0 Å². The highest BCUT2D eigenvalue weighted by atomic mass is 15.4. The Morgan fingerprint density at radius 3 is 1.62 bits per heavy atom. The van der Waals surface area contributed by atoms with E-state index in [1.54, 1.807) is 0 Å². The lowest BCUT2D eigenvalue weighted by atomic mass is 9.82. The molecule has 6 rings (SSSR count). The lowest BCUT2D eigenvalue weighted by molar-refractivity contribution is 0.439. The summed E-state index contributed by atoms with van der Waals surface area (Å²) in [6, 6.07) is 24.5. The zero-order chi connectivity index (χ0) is 24.4. The molecule has 3 aromatic carbocycles. The van der Waals surface area contributed by atoms with E-state index in [4.69, 9.17) is 0 Å². The number of hydrogen-bond acceptors (Lipinski definition) is 4. The Balaban J connectivity index is 0.00000117. The van der Waals surface area contributed by atoms with E-state index in [2.05, 4.69) is 128 Å². The standard InChI is InChI=1S/C28H32N4.C2H6/c1-18(2)26-29(5)19-12-7-9-14-21(19)31(26)23-16-11-17-24-25(23)28(3,4)27-30(6)20-13-8-10-15-22(20)32(24)27;1-2/h7-18,26-27H,1-6H3;1-2H3. The van der Waals surface area contributed by atoms with Gasteiger partial charge in [-0.3, -0.25) is 0 Å². The molecule has 3 aliphatic heterocycles. The summed E-state index contributed by atoms with van der Waals surface area (Å²) in [6.07, 6.45) is 0.555. The number of hydrogen-bond donors (Lipinski definition) is 0.